The van der Waals surface area contributed by atoms with E-state index in [4.69, 9.17) is 0 Å². The van der Waals surface area contributed by atoms with Gasteiger partial charge in [0.2, 0.25) is 5.91 Å². The number of benzene rings is 1. The quantitative estimate of drug-likeness (QED) is 0.745. The normalized spacial score (nSPS) is 23.4. The molecule has 5 nitrogen and oxygen atoms in total. The molecule has 1 aromatic carbocycles. The van der Waals surface area contributed by atoms with Crippen molar-refractivity contribution in [1.29, 1.82) is 0 Å². The van der Waals surface area contributed by atoms with Gasteiger partial charge in [0.05, 0.1) is 11.5 Å². The van der Waals surface area contributed by atoms with Gasteiger partial charge >= 0.3 is 6.18 Å². The largest absolute Gasteiger partial charge is 0.416 e. The first-order valence-electron chi connectivity index (χ1n) is 11.1. The number of halogens is 3. The molecule has 32 heavy (non-hydrogen) atoms. The lowest BCUT2D eigenvalue weighted by molar-refractivity contribution is -0.137. The highest BCUT2D eigenvalue weighted by Gasteiger charge is 2.39. The number of carbonyl (C=O) groups excluding carboxylic acids is 1. The van der Waals surface area contributed by atoms with Gasteiger partial charge in [0, 0.05) is 37.2 Å². The second-order valence-corrected chi connectivity index (χ2v) is 8.98. The number of hydrogen-bond donors (Lipinski definition) is 1. The number of pyridine rings is 1. The summed E-state index contributed by atoms with van der Waals surface area (Å²) in [6.45, 7) is 3.61. The van der Waals surface area contributed by atoms with E-state index in [1.807, 2.05) is 31.6 Å². The molecule has 0 spiro atoms. The molecule has 3 heterocycles. The molecule has 1 aromatic heterocycles. The van der Waals surface area contributed by atoms with Crippen LogP contribution >= 0.6 is 0 Å². The van der Waals surface area contributed by atoms with E-state index in [0.29, 0.717) is 18.5 Å². The smallest absolute Gasteiger partial charge is 0.326 e. The number of carbonyl (C=O) groups is 1. The van der Waals surface area contributed by atoms with E-state index < -0.39 is 11.7 Å². The van der Waals surface area contributed by atoms with Crippen molar-refractivity contribution in [3.63, 3.8) is 0 Å². The lowest BCUT2D eigenvalue weighted by Gasteiger charge is -2.37. The highest BCUT2D eigenvalue weighted by Crippen LogP contribution is 2.34. The van der Waals surface area contributed by atoms with Gasteiger partial charge in [-0.25, -0.2) is 0 Å². The minimum absolute atomic E-state index is 0.195. The van der Waals surface area contributed by atoms with Crippen LogP contribution in [0.1, 0.15) is 30.4 Å². The number of aromatic nitrogens is 1. The number of piperidine rings is 1. The summed E-state index contributed by atoms with van der Waals surface area (Å²) in [5.41, 5.74) is 0.707. The van der Waals surface area contributed by atoms with Crippen molar-refractivity contribution in [2.45, 2.75) is 38.0 Å². The lowest BCUT2D eigenvalue weighted by atomic mass is 9.86. The van der Waals surface area contributed by atoms with Crippen molar-refractivity contribution in [2.75, 3.05) is 32.0 Å². The zero-order valence-corrected chi connectivity index (χ0v) is 18.2. The molecule has 2 saturated heterocycles. The summed E-state index contributed by atoms with van der Waals surface area (Å²) in [7, 11) is 2.05. The van der Waals surface area contributed by atoms with E-state index in [9.17, 15) is 18.0 Å². The molecule has 1 N–H and O–H groups in total. The molecule has 172 valence electrons. The Bertz CT molecular complexity index is 913. The minimum Gasteiger partial charge on any atom is -0.326 e. The number of alkyl halides is 3. The van der Waals surface area contributed by atoms with Gasteiger partial charge < -0.3 is 10.2 Å². The first kappa shape index (κ1) is 22.7. The van der Waals surface area contributed by atoms with Gasteiger partial charge in [-0.05, 0) is 81.2 Å². The van der Waals surface area contributed by atoms with Gasteiger partial charge in [0.1, 0.15) is 0 Å². The van der Waals surface area contributed by atoms with Crippen molar-refractivity contribution in [2.24, 2.45) is 11.8 Å². The molecule has 0 radical (unpaired) electrons. The summed E-state index contributed by atoms with van der Waals surface area (Å²) < 4.78 is 38.8. The van der Waals surface area contributed by atoms with Gasteiger partial charge in [-0.15, -0.1) is 0 Å². The molecule has 4 rings (SSSR count). The third-order valence-corrected chi connectivity index (χ3v) is 6.76. The first-order chi connectivity index (χ1) is 15.3. The van der Waals surface area contributed by atoms with Crippen molar-refractivity contribution in [3.8, 4) is 0 Å². The summed E-state index contributed by atoms with van der Waals surface area (Å²) in [6.07, 6.45) is 2.13. The van der Waals surface area contributed by atoms with Crippen LogP contribution in [-0.2, 0) is 17.5 Å². The molecule has 2 aliphatic heterocycles. The zero-order chi connectivity index (χ0) is 22.7. The van der Waals surface area contributed by atoms with Crippen LogP contribution in [0.2, 0.25) is 0 Å². The summed E-state index contributed by atoms with van der Waals surface area (Å²) in [5.74, 6) is 0.114. The van der Waals surface area contributed by atoms with Crippen LogP contribution in [0, 0.1) is 11.8 Å². The molecule has 0 aliphatic carbocycles. The van der Waals surface area contributed by atoms with E-state index in [0.717, 1.165) is 51.0 Å². The van der Waals surface area contributed by atoms with Crippen molar-refractivity contribution in [1.82, 2.24) is 14.8 Å². The van der Waals surface area contributed by atoms with Gasteiger partial charge in [-0.1, -0.05) is 6.07 Å². The Morgan fingerprint density at radius 2 is 1.88 bits per heavy atom. The van der Waals surface area contributed by atoms with Crippen LogP contribution in [0.15, 0.2) is 48.8 Å². The Morgan fingerprint density at radius 3 is 2.56 bits per heavy atom. The van der Waals surface area contributed by atoms with Crippen LogP contribution in [-0.4, -0.2) is 53.4 Å². The molecule has 0 unspecified atom stereocenters. The number of likely N-dealkylation sites (tertiary alicyclic amines) is 2. The van der Waals surface area contributed by atoms with E-state index in [1.54, 1.807) is 0 Å². The van der Waals surface area contributed by atoms with Crippen LogP contribution in [0.3, 0.4) is 0 Å². The fourth-order valence-electron chi connectivity index (χ4n) is 5.03. The Labute approximate surface area is 186 Å². The number of amides is 1. The van der Waals surface area contributed by atoms with Gasteiger partial charge in [-0.3, -0.25) is 14.7 Å². The standard InChI is InChI=1S/C24H29F3N4O/c1-30-16-19(23(32)29-21-4-2-3-20(14-21)24(25,26)27)13-22(30)18-7-11-31(12-8-18)15-17-5-9-28-10-6-17/h2-6,9-10,14,18-19,22H,7-8,11-13,15-16H2,1H3,(H,29,32)/t19-,22+/m1/s1. The Morgan fingerprint density at radius 1 is 1.16 bits per heavy atom. The Balaban J connectivity index is 1.30. The average molecular weight is 447 g/mol. The summed E-state index contributed by atoms with van der Waals surface area (Å²) in [6, 6.07) is 9.25. The zero-order valence-electron chi connectivity index (χ0n) is 18.2. The summed E-state index contributed by atoms with van der Waals surface area (Å²) >= 11 is 0. The number of hydrogen-bond acceptors (Lipinski definition) is 4. The minimum atomic E-state index is -4.42. The third-order valence-electron chi connectivity index (χ3n) is 6.76. The number of anilines is 1. The lowest BCUT2D eigenvalue weighted by Crippen LogP contribution is -2.41. The van der Waals surface area contributed by atoms with Crippen molar-refractivity contribution >= 4 is 11.6 Å². The SMILES string of the molecule is CN1C[C@H](C(=O)Nc2cccc(C(F)(F)F)c2)C[C@H]1C1CCN(Cc2ccncc2)CC1. The third kappa shape index (κ3) is 5.48. The topological polar surface area (TPSA) is 48.5 Å². The molecule has 2 atom stereocenters. The average Bonchev–Trinajstić information content (AvgIpc) is 3.16. The first-order valence-corrected chi connectivity index (χ1v) is 11.1. The maximum atomic E-state index is 12.9. The molecule has 8 heteroatoms. The molecule has 2 aliphatic rings. The van der Waals surface area contributed by atoms with Gasteiger partial charge in [-0.2, -0.15) is 13.2 Å². The van der Waals surface area contributed by atoms with Gasteiger partial charge in [0.15, 0.2) is 0 Å². The molecular weight excluding hydrogens is 417 g/mol. The van der Waals surface area contributed by atoms with E-state index in [1.165, 1.54) is 17.7 Å². The van der Waals surface area contributed by atoms with E-state index >= 15 is 0 Å². The number of nitrogens with zero attached hydrogens (tertiary/aromatic N) is 3. The number of rotatable bonds is 5. The Hall–Kier alpha value is -2.45. The molecule has 2 aromatic rings. The highest BCUT2D eigenvalue weighted by atomic mass is 19.4. The molecule has 0 saturated carbocycles. The molecule has 2 fully saturated rings. The van der Waals surface area contributed by atoms with E-state index in [-0.39, 0.29) is 17.5 Å². The molecule has 0 bridgehead atoms. The number of nitrogens with one attached hydrogen (secondary N) is 1. The van der Waals surface area contributed by atoms with Gasteiger partial charge in [0.25, 0.3) is 0 Å². The van der Waals surface area contributed by atoms with Crippen LogP contribution in [0.5, 0.6) is 0 Å². The monoisotopic (exact) mass is 446 g/mol. The van der Waals surface area contributed by atoms with Crippen molar-refractivity contribution < 1.29 is 18.0 Å². The fourth-order valence-corrected chi connectivity index (χ4v) is 5.03. The highest BCUT2D eigenvalue weighted by molar-refractivity contribution is 5.93. The van der Waals surface area contributed by atoms with Crippen molar-refractivity contribution in [3.05, 3.63) is 59.9 Å². The predicted molar refractivity (Wildman–Crippen MR) is 117 cm³/mol. The predicted octanol–water partition coefficient (Wildman–Crippen LogP) is 4.27. The maximum absolute atomic E-state index is 12.9. The summed E-state index contributed by atoms with van der Waals surface area (Å²) in [5, 5.41) is 2.70. The van der Waals surface area contributed by atoms with Crippen LogP contribution < -0.4 is 5.32 Å². The second kappa shape index (κ2) is 9.58. The summed E-state index contributed by atoms with van der Waals surface area (Å²) in [4.78, 5) is 21.5. The second-order valence-electron chi connectivity index (χ2n) is 8.98. The molecular formula is C24H29F3N4O. The molecule has 1 amide bonds. The van der Waals surface area contributed by atoms with E-state index in [2.05, 4.69) is 20.1 Å². The van der Waals surface area contributed by atoms with Crippen LogP contribution in [0.25, 0.3) is 0 Å². The Kier molecular flexibility index (Phi) is 6.81. The maximum Gasteiger partial charge on any atom is 0.416 e. The van der Waals surface area contributed by atoms with Crippen LogP contribution in [0.4, 0.5) is 18.9 Å². The fraction of sp³-hybridized carbons (Fsp3) is 0.500.